The molecular formula is C9H16F3N2Zn-. The molecule has 0 amide bonds. The van der Waals surface area contributed by atoms with E-state index >= 15 is 0 Å². The molecule has 0 rings (SSSR count). The Bertz CT molecular complexity index is 218. The fourth-order valence-corrected chi connectivity index (χ4v) is 0.868. The molecule has 0 aromatic heterocycles. The number of hydrogen-bond donors (Lipinski definition) is 0. The third-order valence-corrected chi connectivity index (χ3v) is 1.35. The predicted octanol–water partition coefficient (Wildman–Crippen LogP) is 3.53. The number of aliphatic imine (C=N–C) groups is 1. The monoisotopic (exact) mass is 273 g/mol. The Morgan fingerprint density at radius 2 is 1.60 bits per heavy atom. The van der Waals surface area contributed by atoms with Gasteiger partial charge in [-0.25, -0.2) is 0 Å². The van der Waals surface area contributed by atoms with Crippen LogP contribution in [0.1, 0.15) is 34.6 Å². The van der Waals surface area contributed by atoms with Gasteiger partial charge in [0.15, 0.2) is 0 Å². The van der Waals surface area contributed by atoms with Crippen molar-refractivity contribution in [3.05, 3.63) is 5.32 Å². The summed E-state index contributed by atoms with van der Waals surface area (Å²) in [7, 11) is 0. The molecule has 1 atom stereocenters. The molecule has 0 saturated carbocycles. The Labute approximate surface area is 101 Å². The number of halogens is 3. The van der Waals surface area contributed by atoms with Gasteiger partial charge in [0, 0.05) is 19.5 Å². The molecule has 2 nitrogen and oxygen atoms in total. The Balaban J connectivity index is 0. The van der Waals surface area contributed by atoms with Crippen molar-refractivity contribution in [2.24, 2.45) is 4.99 Å². The van der Waals surface area contributed by atoms with Crippen LogP contribution in [0.25, 0.3) is 5.32 Å². The summed E-state index contributed by atoms with van der Waals surface area (Å²) in [5.74, 6) is 0.183. The van der Waals surface area contributed by atoms with Gasteiger partial charge in [0.1, 0.15) is 0 Å². The van der Waals surface area contributed by atoms with E-state index in [4.69, 9.17) is 0 Å². The first-order valence-corrected chi connectivity index (χ1v) is 4.36. The summed E-state index contributed by atoms with van der Waals surface area (Å²) in [6.45, 7) is 7.92. The number of alkyl halides is 3. The fourth-order valence-electron chi connectivity index (χ4n) is 0.868. The van der Waals surface area contributed by atoms with Gasteiger partial charge in [-0.2, -0.15) is 13.2 Å². The van der Waals surface area contributed by atoms with E-state index in [-0.39, 0.29) is 30.9 Å². The molecule has 15 heavy (non-hydrogen) atoms. The quantitative estimate of drug-likeness (QED) is 0.397. The third-order valence-electron chi connectivity index (χ3n) is 1.35. The average Bonchev–Trinajstić information content (AvgIpc) is 1.79. The van der Waals surface area contributed by atoms with Crippen LogP contribution in [0.15, 0.2) is 4.99 Å². The summed E-state index contributed by atoms with van der Waals surface area (Å²) in [6.07, 6.45) is -4.28. The molecule has 6 heteroatoms. The van der Waals surface area contributed by atoms with E-state index in [9.17, 15) is 13.2 Å². The van der Waals surface area contributed by atoms with Crippen molar-refractivity contribution in [1.82, 2.24) is 0 Å². The Morgan fingerprint density at radius 3 is 1.87 bits per heavy atom. The summed E-state index contributed by atoms with van der Waals surface area (Å²) in [5, 5.41) is 3.46. The number of nitrogens with zero attached hydrogens (tertiary/aromatic N) is 2. The smallest absolute Gasteiger partial charge is 0.390 e. The van der Waals surface area contributed by atoms with Crippen molar-refractivity contribution >= 4 is 5.84 Å². The Kier molecular flexibility index (Phi) is 6.72. The van der Waals surface area contributed by atoms with Crippen LogP contribution in [0, 0.1) is 0 Å². The van der Waals surface area contributed by atoms with Gasteiger partial charge in [0.2, 0.25) is 0 Å². The second kappa shape index (κ2) is 5.83. The van der Waals surface area contributed by atoms with Crippen molar-refractivity contribution in [2.45, 2.75) is 52.4 Å². The van der Waals surface area contributed by atoms with Gasteiger partial charge in [-0.1, -0.05) is 33.5 Å². The van der Waals surface area contributed by atoms with Crippen LogP contribution < -0.4 is 0 Å². The van der Waals surface area contributed by atoms with Gasteiger partial charge >= 0.3 is 6.18 Å². The minimum atomic E-state index is -4.28. The third kappa shape index (κ3) is 8.85. The molecular weight excluding hydrogens is 258 g/mol. The largest absolute Gasteiger partial charge is 0.464 e. The molecule has 1 unspecified atom stereocenters. The van der Waals surface area contributed by atoms with Gasteiger partial charge < -0.3 is 10.3 Å². The van der Waals surface area contributed by atoms with Crippen LogP contribution in [0.5, 0.6) is 0 Å². The van der Waals surface area contributed by atoms with E-state index in [1.54, 1.807) is 0 Å². The van der Waals surface area contributed by atoms with Crippen LogP contribution in [-0.2, 0) is 19.5 Å². The summed E-state index contributed by atoms with van der Waals surface area (Å²) in [5.41, 5.74) is -0.390. The van der Waals surface area contributed by atoms with Crippen molar-refractivity contribution in [2.75, 3.05) is 0 Å². The van der Waals surface area contributed by atoms with Crippen LogP contribution in [0.3, 0.4) is 0 Å². The fraction of sp³-hybridized carbons (Fsp3) is 0.889. The maximum absolute atomic E-state index is 12.1. The van der Waals surface area contributed by atoms with E-state index in [2.05, 4.69) is 10.3 Å². The molecule has 0 aliphatic heterocycles. The molecule has 0 aliphatic carbocycles. The number of hydrogen-bond acceptors (Lipinski definition) is 1. The summed E-state index contributed by atoms with van der Waals surface area (Å²) < 4.78 is 36.3. The first kappa shape index (κ1) is 17.3. The van der Waals surface area contributed by atoms with Crippen LogP contribution in [0.4, 0.5) is 13.2 Å². The molecule has 0 aliphatic rings. The minimum Gasteiger partial charge on any atom is -0.464 e. The molecule has 0 aromatic rings. The molecule has 0 heterocycles. The van der Waals surface area contributed by atoms with E-state index < -0.39 is 12.2 Å². The van der Waals surface area contributed by atoms with Gasteiger partial charge in [-0.15, -0.1) is 0 Å². The molecule has 0 spiro atoms. The van der Waals surface area contributed by atoms with E-state index in [1.165, 1.54) is 6.92 Å². The maximum Gasteiger partial charge on any atom is 0.390 e. The summed E-state index contributed by atoms with van der Waals surface area (Å²) in [4.78, 5) is 4.01. The molecule has 0 N–H and O–H groups in total. The second-order valence-corrected chi connectivity index (χ2v) is 4.18. The molecule has 0 aromatic carbocycles. The molecule has 0 radical (unpaired) electrons. The van der Waals surface area contributed by atoms with Crippen molar-refractivity contribution in [3.63, 3.8) is 0 Å². The van der Waals surface area contributed by atoms with Crippen LogP contribution >= 0.6 is 0 Å². The zero-order valence-corrected chi connectivity index (χ0v) is 12.8. The van der Waals surface area contributed by atoms with E-state index in [0.29, 0.717) is 0 Å². The first-order chi connectivity index (χ1) is 6.02. The van der Waals surface area contributed by atoms with Crippen molar-refractivity contribution < 1.29 is 32.6 Å². The SMILES string of the molecule is CC(=NC(C)(C)C)[N-]C(C)C(F)(F)F.[Zn]. The molecule has 0 bridgehead atoms. The normalized spacial score (nSPS) is 15.6. The Morgan fingerprint density at radius 1 is 1.20 bits per heavy atom. The number of rotatable bonds is 1. The van der Waals surface area contributed by atoms with Crippen LogP contribution in [-0.4, -0.2) is 23.6 Å². The topological polar surface area (TPSA) is 26.5 Å². The maximum atomic E-state index is 12.1. The van der Waals surface area contributed by atoms with Gasteiger partial charge in [-0.05, 0) is 12.5 Å². The summed E-state index contributed by atoms with van der Waals surface area (Å²) >= 11 is 0. The van der Waals surface area contributed by atoms with Gasteiger partial charge in [0.05, 0.1) is 6.04 Å². The number of amidine groups is 1. The standard InChI is InChI=1S/C9H16F3N2.Zn/c1-6(9(10,11)12)13-7(2)14-8(3,4)5;/h6H,1-5H3;/q-1;. The Hall–Kier alpha value is -0.117. The van der Waals surface area contributed by atoms with Crippen molar-refractivity contribution in [3.8, 4) is 0 Å². The second-order valence-electron chi connectivity index (χ2n) is 4.18. The van der Waals surface area contributed by atoms with Crippen LogP contribution in [0.2, 0.25) is 0 Å². The first-order valence-electron chi connectivity index (χ1n) is 4.36. The van der Waals surface area contributed by atoms with Gasteiger partial charge in [0.25, 0.3) is 0 Å². The molecule has 86 valence electrons. The average molecular weight is 275 g/mol. The predicted molar refractivity (Wildman–Crippen MR) is 51.7 cm³/mol. The zero-order valence-electron chi connectivity index (χ0n) is 9.81. The minimum absolute atomic E-state index is 0. The van der Waals surface area contributed by atoms with E-state index in [1.807, 2.05) is 20.8 Å². The molecule has 0 saturated heterocycles. The zero-order chi connectivity index (χ0) is 11.6. The summed E-state index contributed by atoms with van der Waals surface area (Å²) in [6, 6.07) is -1.69. The van der Waals surface area contributed by atoms with Gasteiger partial charge in [-0.3, -0.25) is 0 Å². The van der Waals surface area contributed by atoms with E-state index in [0.717, 1.165) is 6.92 Å². The molecule has 0 fully saturated rings. The van der Waals surface area contributed by atoms with Crippen molar-refractivity contribution in [1.29, 1.82) is 0 Å².